The van der Waals surface area contributed by atoms with Crippen molar-refractivity contribution in [3.05, 3.63) is 65.0 Å². The van der Waals surface area contributed by atoms with Gasteiger partial charge in [0.05, 0.1) is 18.0 Å². The lowest BCUT2D eigenvalue weighted by Gasteiger charge is -2.16. The number of sulfonamides is 1. The van der Waals surface area contributed by atoms with Crippen LogP contribution >= 0.6 is 0 Å². The lowest BCUT2D eigenvalue weighted by atomic mass is 10.1. The van der Waals surface area contributed by atoms with Crippen molar-refractivity contribution in [3.63, 3.8) is 0 Å². The van der Waals surface area contributed by atoms with Gasteiger partial charge in [0.15, 0.2) is 0 Å². The van der Waals surface area contributed by atoms with Crippen LogP contribution in [-0.2, 0) is 16.4 Å². The zero-order chi connectivity index (χ0) is 18.9. The van der Waals surface area contributed by atoms with Crippen LogP contribution in [0.5, 0.6) is 0 Å². The van der Waals surface area contributed by atoms with Crippen LogP contribution in [0.4, 0.5) is 10.1 Å². The minimum absolute atomic E-state index is 0.0607. The number of carbonyl (C=O) groups excluding carboxylic acids is 1. The van der Waals surface area contributed by atoms with E-state index >= 15 is 0 Å². The largest absolute Gasteiger partial charge is 0.387 e. The standard InChI is InChI=1S/C18H19FN2O4S/c1-26(24,25)21-8-7-12-9-14(5-6-16(12)21)18(23)20-11-17(22)13-3-2-4-15(19)10-13/h2-6,9-10,17,22H,7-8,11H2,1H3,(H,20,23)/t17-/m1/s1. The number of aliphatic hydroxyl groups is 1. The highest BCUT2D eigenvalue weighted by molar-refractivity contribution is 7.92. The fourth-order valence-corrected chi connectivity index (χ4v) is 3.94. The van der Waals surface area contributed by atoms with Crippen LogP contribution < -0.4 is 9.62 Å². The van der Waals surface area contributed by atoms with Crippen molar-refractivity contribution in [1.29, 1.82) is 0 Å². The molecule has 3 rings (SSSR count). The molecule has 0 bridgehead atoms. The van der Waals surface area contributed by atoms with Gasteiger partial charge in [0.2, 0.25) is 10.0 Å². The molecule has 6 nitrogen and oxygen atoms in total. The van der Waals surface area contributed by atoms with Gasteiger partial charge in [0.1, 0.15) is 5.82 Å². The minimum atomic E-state index is -3.34. The number of nitrogens with zero attached hydrogens (tertiary/aromatic N) is 1. The average molecular weight is 378 g/mol. The number of anilines is 1. The molecule has 0 aromatic heterocycles. The maximum Gasteiger partial charge on any atom is 0.251 e. The lowest BCUT2D eigenvalue weighted by Crippen LogP contribution is -2.29. The van der Waals surface area contributed by atoms with Gasteiger partial charge in [-0.25, -0.2) is 12.8 Å². The second kappa shape index (κ2) is 7.05. The summed E-state index contributed by atoms with van der Waals surface area (Å²) in [6.45, 7) is 0.298. The second-order valence-electron chi connectivity index (χ2n) is 6.21. The number of amides is 1. The number of hydrogen-bond donors (Lipinski definition) is 2. The second-order valence-corrected chi connectivity index (χ2v) is 8.12. The fraction of sp³-hybridized carbons (Fsp3) is 0.278. The van der Waals surface area contributed by atoms with Crippen molar-refractivity contribution in [3.8, 4) is 0 Å². The summed E-state index contributed by atoms with van der Waals surface area (Å²) in [6.07, 6.45) is 0.663. The van der Waals surface area contributed by atoms with Gasteiger partial charge in [-0.15, -0.1) is 0 Å². The monoisotopic (exact) mass is 378 g/mol. The number of hydrogen-bond acceptors (Lipinski definition) is 4. The quantitative estimate of drug-likeness (QED) is 0.828. The summed E-state index contributed by atoms with van der Waals surface area (Å²) in [7, 11) is -3.34. The highest BCUT2D eigenvalue weighted by Crippen LogP contribution is 2.30. The Hall–Kier alpha value is -2.45. The summed E-state index contributed by atoms with van der Waals surface area (Å²) in [6, 6.07) is 10.4. The molecule has 0 saturated carbocycles. The third-order valence-electron chi connectivity index (χ3n) is 4.28. The lowest BCUT2D eigenvalue weighted by molar-refractivity contribution is 0.0916. The van der Waals surface area contributed by atoms with Crippen LogP contribution in [0.1, 0.15) is 27.6 Å². The number of carbonyl (C=O) groups is 1. The number of rotatable bonds is 5. The molecule has 0 fully saturated rings. The van der Waals surface area contributed by atoms with Crippen molar-refractivity contribution in [2.45, 2.75) is 12.5 Å². The maximum absolute atomic E-state index is 13.2. The Morgan fingerprint density at radius 2 is 2.08 bits per heavy atom. The van der Waals surface area contributed by atoms with E-state index < -0.39 is 21.9 Å². The summed E-state index contributed by atoms with van der Waals surface area (Å²) >= 11 is 0. The molecule has 2 aromatic rings. The van der Waals surface area contributed by atoms with E-state index in [-0.39, 0.29) is 12.5 Å². The number of benzene rings is 2. The van der Waals surface area contributed by atoms with E-state index in [1.807, 2.05) is 0 Å². The zero-order valence-electron chi connectivity index (χ0n) is 14.1. The van der Waals surface area contributed by atoms with Gasteiger partial charge in [-0.2, -0.15) is 0 Å². The topological polar surface area (TPSA) is 86.7 Å². The summed E-state index contributed by atoms with van der Waals surface area (Å²) < 4.78 is 38.0. The van der Waals surface area contributed by atoms with Crippen LogP contribution in [0.2, 0.25) is 0 Å². The fourth-order valence-electron chi connectivity index (χ4n) is 2.98. The molecule has 0 spiro atoms. The van der Waals surface area contributed by atoms with Gasteiger partial charge < -0.3 is 10.4 Å². The van der Waals surface area contributed by atoms with Crippen molar-refractivity contribution in [2.24, 2.45) is 0 Å². The molecule has 0 radical (unpaired) electrons. The highest BCUT2D eigenvalue weighted by Gasteiger charge is 2.26. The molecule has 1 aliphatic heterocycles. The van der Waals surface area contributed by atoms with Gasteiger partial charge in [0, 0.05) is 18.7 Å². The normalized spacial score (nSPS) is 14.8. The smallest absolute Gasteiger partial charge is 0.251 e. The molecular weight excluding hydrogens is 359 g/mol. The van der Waals surface area contributed by atoms with E-state index in [1.54, 1.807) is 24.3 Å². The molecule has 1 amide bonds. The Morgan fingerprint density at radius 1 is 1.31 bits per heavy atom. The third-order valence-corrected chi connectivity index (χ3v) is 5.46. The van der Waals surface area contributed by atoms with Crippen LogP contribution in [0, 0.1) is 5.82 Å². The Labute approximate surface area is 151 Å². The van der Waals surface area contributed by atoms with E-state index in [1.165, 1.54) is 22.5 Å². The molecule has 1 aliphatic rings. The molecule has 0 unspecified atom stereocenters. The average Bonchev–Trinajstić information content (AvgIpc) is 3.02. The first-order valence-electron chi connectivity index (χ1n) is 8.08. The molecule has 0 saturated heterocycles. The van der Waals surface area contributed by atoms with Gasteiger partial charge in [-0.05, 0) is 47.9 Å². The maximum atomic E-state index is 13.2. The number of nitrogens with one attached hydrogen (secondary N) is 1. The van der Waals surface area contributed by atoms with E-state index in [9.17, 15) is 22.7 Å². The van der Waals surface area contributed by atoms with E-state index in [4.69, 9.17) is 0 Å². The Kier molecular flexibility index (Phi) is 4.97. The Balaban J connectivity index is 1.68. The summed E-state index contributed by atoms with van der Waals surface area (Å²) in [5.41, 5.74) is 2.13. The van der Waals surface area contributed by atoms with Crippen LogP contribution in [-0.4, -0.2) is 38.8 Å². The van der Waals surface area contributed by atoms with Gasteiger partial charge >= 0.3 is 0 Å². The highest BCUT2D eigenvalue weighted by atomic mass is 32.2. The predicted molar refractivity (Wildman–Crippen MR) is 96.0 cm³/mol. The van der Waals surface area contributed by atoms with Crippen LogP contribution in [0.3, 0.4) is 0 Å². The van der Waals surface area contributed by atoms with Crippen molar-refractivity contribution >= 4 is 21.6 Å². The summed E-state index contributed by atoms with van der Waals surface area (Å²) in [4.78, 5) is 12.3. The molecule has 8 heteroatoms. The van der Waals surface area contributed by atoms with Crippen molar-refractivity contribution in [2.75, 3.05) is 23.7 Å². The number of fused-ring (bicyclic) bond motifs is 1. The Morgan fingerprint density at radius 3 is 2.77 bits per heavy atom. The summed E-state index contributed by atoms with van der Waals surface area (Å²) in [5.74, 6) is -0.844. The molecule has 1 heterocycles. The molecule has 0 aliphatic carbocycles. The van der Waals surface area contributed by atoms with Crippen LogP contribution in [0.25, 0.3) is 0 Å². The molecule has 2 N–H and O–H groups in total. The van der Waals surface area contributed by atoms with Gasteiger partial charge in [-0.1, -0.05) is 12.1 Å². The number of halogens is 1. The summed E-state index contributed by atoms with van der Waals surface area (Å²) in [5, 5.41) is 12.7. The SMILES string of the molecule is CS(=O)(=O)N1CCc2cc(C(=O)NC[C@@H](O)c3cccc(F)c3)ccc21. The molecule has 138 valence electrons. The van der Waals surface area contributed by atoms with Gasteiger partial charge in [-0.3, -0.25) is 9.10 Å². The van der Waals surface area contributed by atoms with E-state index in [0.717, 1.165) is 11.8 Å². The van der Waals surface area contributed by atoms with Gasteiger partial charge in [0.25, 0.3) is 5.91 Å². The third kappa shape index (κ3) is 3.86. The molecule has 26 heavy (non-hydrogen) atoms. The molecule has 2 aromatic carbocycles. The van der Waals surface area contributed by atoms with E-state index in [0.29, 0.717) is 29.8 Å². The first-order valence-corrected chi connectivity index (χ1v) is 9.93. The molecular formula is C18H19FN2O4S. The molecule has 1 atom stereocenters. The predicted octanol–water partition coefficient (Wildman–Crippen LogP) is 1.61. The van der Waals surface area contributed by atoms with E-state index in [2.05, 4.69) is 5.32 Å². The van der Waals surface area contributed by atoms with Crippen molar-refractivity contribution < 1.29 is 22.7 Å². The van der Waals surface area contributed by atoms with Crippen molar-refractivity contribution in [1.82, 2.24) is 5.32 Å². The number of aliphatic hydroxyl groups excluding tert-OH is 1. The minimum Gasteiger partial charge on any atom is -0.387 e. The zero-order valence-corrected chi connectivity index (χ0v) is 15.0. The van der Waals surface area contributed by atoms with Crippen LogP contribution in [0.15, 0.2) is 42.5 Å². The first-order chi connectivity index (χ1) is 12.3. The first kappa shape index (κ1) is 18.3. The Bertz CT molecular complexity index is 946.